The Morgan fingerprint density at radius 1 is 1.00 bits per heavy atom. The van der Waals surface area contributed by atoms with Gasteiger partial charge in [0.1, 0.15) is 11.5 Å². The average Bonchev–Trinajstić information content (AvgIpc) is 3.37. The molecule has 0 aliphatic heterocycles. The van der Waals surface area contributed by atoms with Crippen molar-refractivity contribution in [1.29, 1.82) is 0 Å². The lowest BCUT2D eigenvalue weighted by atomic mass is 10.1. The van der Waals surface area contributed by atoms with Crippen molar-refractivity contribution in [3.63, 3.8) is 0 Å². The van der Waals surface area contributed by atoms with E-state index in [-0.39, 0.29) is 23.2 Å². The number of hydrogen-bond acceptors (Lipinski definition) is 6. The molecule has 0 bridgehead atoms. The lowest BCUT2D eigenvalue weighted by Gasteiger charge is -2.12. The van der Waals surface area contributed by atoms with E-state index in [9.17, 15) is 9.18 Å². The van der Waals surface area contributed by atoms with E-state index in [2.05, 4.69) is 15.6 Å². The van der Waals surface area contributed by atoms with Gasteiger partial charge in [-0.3, -0.25) is 9.78 Å². The number of nitrogens with zero attached hydrogens (tertiary/aromatic N) is 1. The number of benzene rings is 3. The fourth-order valence-electron chi connectivity index (χ4n) is 3.91. The van der Waals surface area contributed by atoms with Crippen molar-refractivity contribution >= 4 is 50.5 Å². The van der Waals surface area contributed by atoms with Crippen molar-refractivity contribution in [2.75, 3.05) is 11.9 Å². The maximum Gasteiger partial charge on any atom is 0.230 e. The number of anilines is 1. The Labute approximate surface area is 234 Å². The van der Waals surface area contributed by atoms with Gasteiger partial charge in [-0.15, -0.1) is 11.3 Å². The van der Waals surface area contributed by atoms with Gasteiger partial charge >= 0.3 is 0 Å². The highest BCUT2D eigenvalue weighted by atomic mass is 32.1. The number of amides is 1. The van der Waals surface area contributed by atoms with Gasteiger partial charge in [0.2, 0.25) is 5.91 Å². The van der Waals surface area contributed by atoms with Crippen molar-refractivity contribution < 1.29 is 18.7 Å². The van der Waals surface area contributed by atoms with E-state index in [1.807, 2.05) is 67.6 Å². The topological polar surface area (TPSA) is 72.5 Å². The number of pyridine rings is 1. The van der Waals surface area contributed by atoms with Crippen LogP contribution >= 0.6 is 23.6 Å². The van der Waals surface area contributed by atoms with Gasteiger partial charge in [0, 0.05) is 28.9 Å². The van der Waals surface area contributed by atoms with Crippen LogP contribution in [-0.2, 0) is 11.2 Å². The predicted octanol–water partition coefficient (Wildman–Crippen LogP) is 7.35. The predicted molar refractivity (Wildman–Crippen MR) is 157 cm³/mol. The zero-order chi connectivity index (χ0) is 27.2. The quantitative estimate of drug-likeness (QED) is 0.194. The molecule has 2 aromatic heterocycles. The molecule has 0 saturated carbocycles. The highest BCUT2D eigenvalue weighted by Crippen LogP contribution is 2.40. The van der Waals surface area contributed by atoms with E-state index in [4.69, 9.17) is 21.7 Å². The number of carbonyl (C=O) groups is 1. The third-order valence-electron chi connectivity index (χ3n) is 5.70. The summed E-state index contributed by atoms with van der Waals surface area (Å²) in [4.78, 5) is 17.7. The van der Waals surface area contributed by atoms with Crippen molar-refractivity contribution in [2.45, 2.75) is 13.3 Å². The molecule has 0 atom stereocenters. The van der Waals surface area contributed by atoms with E-state index in [1.54, 1.807) is 18.3 Å². The molecular weight excluding hydrogens is 533 g/mol. The normalized spacial score (nSPS) is 10.7. The summed E-state index contributed by atoms with van der Waals surface area (Å²) in [5, 5.41) is 5.54. The number of hydrogen-bond donors (Lipinski definition) is 2. The summed E-state index contributed by atoms with van der Waals surface area (Å²) in [6, 6.07) is 25.3. The van der Waals surface area contributed by atoms with Crippen LogP contribution in [0.5, 0.6) is 17.2 Å². The Bertz CT molecular complexity index is 1620. The maximum absolute atomic E-state index is 15.0. The summed E-state index contributed by atoms with van der Waals surface area (Å²) in [5.74, 6) is 0.537. The van der Waals surface area contributed by atoms with Gasteiger partial charge in [-0.05, 0) is 72.7 Å². The fourth-order valence-corrected chi connectivity index (χ4v) is 5.22. The molecule has 39 heavy (non-hydrogen) atoms. The number of aromatic nitrogens is 1. The number of fused-ring (bicyclic) bond motifs is 1. The van der Waals surface area contributed by atoms with Crippen LogP contribution in [0.2, 0.25) is 0 Å². The van der Waals surface area contributed by atoms with Crippen LogP contribution in [0.15, 0.2) is 91.1 Å². The molecule has 0 aliphatic carbocycles. The minimum atomic E-state index is -0.577. The molecule has 2 heterocycles. The van der Waals surface area contributed by atoms with Gasteiger partial charge in [-0.2, -0.15) is 0 Å². The largest absolute Gasteiger partial charge is 0.494 e. The summed E-state index contributed by atoms with van der Waals surface area (Å²) >= 11 is 6.73. The van der Waals surface area contributed by atoms with E-state index in [1.165, 1.54) is 23.5 Å². The van der Waals surface area contributed by atoms with Crippen molar-refractivity contribution in [2.24, 2.45) is 0 Å². The molecule has 2 N–H and O–H groups in total. The summed E-state index contributed by atoms with van der Waals surface area (Å²) in [5.41, 5.74) is 3.05. The van der Waals surface area contributed by atoms with Crippen molar-refractivity contribution in [3.8, 4) is 27.7 Å². The van der Waals surface area contributed by atoms with E-state index in [0.29, 0.717) is 18.0 Å². The van der Waals surface area contributed by atoms with Crippen LogP contribution in [-0.4, -0.2) is 22.6 Å². The highest BCUT2D eigenvalue weighted by Gasteiger charge is 2.14. The number of thiophene rings is 1. The van der Waals surface area contributed by atoms with Crippen LogP contribution in [0, 0.1) is 5.82 Å². The van der Waals surface area contributed by atoms with E-state index >= 15 is 0 Å². The molecule has 0 unspecified atom stereocenters. The first-order valence-corrected chi connectivity index (χ1v) is 13.4. The molecule has 5 aromatic rings. The summed E-state index contributed by atoms with van der Waals surface area (Å²) in [6.07, 6.45) is 1.82. The third-order valence-corrected chi connectivity index (χ3v) is 7.09. The van der Waals surface area contributed by atoms with Gasteiger partial charge in [-0.25, -0.2) is 4.39 Å². The van der Waals surface area contributed by atoms with Crippen LogP contribution < -0.4 is 20.1 Å². The molecule has 5 rings (SSSR count). The average molecular weight is 558 g/mol. The van der Waals surface area contributed by atoms with E-state index in [0.717, 1.165) is 32.0 Å². The molecule has 0 aliphatic rings. The number of ether oxygens (including phenoxy) is 2. The molecule has 0 spiro atoms. The second-order valence-electron chi connectivity index (χ2n) is 8.50. The first kappa shape index (κ1) is 26.3. The summed E-state index contributed by atoms with van der Waals surface area (Å²) in [6.45, 7) is 2.56. The zero-order valence-corrected chi connectivity index (χ0v) is 22.6. The number of halogens is 1. The highest BCUT2D eigenvalue weighted by molar-refractivity contribution is 7.80. The molecule has 0 fully saturated rings. The van der Waals surface area contributed by atoms with Gasteiger partial charge in [0.05, 0.1) is 23.2 Å². The summed E-state index contributed by atoms with van der Waals surface area (Å²) < 4.78 is 27.3. The molecular formula is C30H24FN3O3S2. The Kier molecular flexibility index (Phi) is 8.10. The van der Waals surface area contributed by atoms with Crippen LogP contribution in [0.4, 0.5) is 10.1 Å². The number of thiocarbonyl (C=S) groups is 1. The van der Waals surface area contributed by atoms with Crippen LogP contribution in [0.25, 0.3) is 20.7 Å². The number of nitrogens with one attached hydrogen (secondary N) is 2. The first-order chi connectivity index (χ1) is 19.0. The zero-order valence-electron chi connectivity index (χ0n) is 20.9. The monoisotopic (exact) mass is 557 g/mol. The number of carbonyl (C=O) groups excluding carboxylic acids is 1. The maximum atomic E-state index is 15.0. The Morgan fingerprint density at radius 2 is 1.79 bits per heavy atom. The van der Waals surface area contributed by atoms with Gasteiger partial charge in [0.15, 0.2) is 16.7 Å². The Hall–Kier alpha value is -4.34. The van der Waals surface area contributed by atoms with Crippen LogP contribution in [0.3, 0.4) is 0 Å². The molecule has 0 radical (unpaired) electrons. The third kappa shape index (κ3) is 6.57. The first-order valence-electron chi connectivity index (χ1n) is 12.2. The lowest BCUT2D eigenvalue weighted by molar-refractivity contribution is -0.119. The second kappa shape index (κ2) is 12.0. The van der Waals surface area contributed by atoms with Gasteiger partial charge in [-0.1, -0.05) is 30.3 Å². The van der Waals surface area contributed by atoms with Crippen LogP contribution in [0.1, 0.15) is 12.5 Å². The van der Waals surface area contributed by atoms with Crippen molar-refractivity contribution in [3.05, 3.63) is 103 Å². The smallest absolute Gasteiger partial charge is 0.230 e. The molecule has 3 aromatic carbocycles. The molecule has 0 saturated heterocycles. The Balaban J connectivity index is 1.26. The lowest BCUT2D eigenvalue weighted by Crippen LogP contribution is -2.35. The molecule has 196 valence electrons. The molecule has 1 amide bonds. The standard InChI is InChI=1S/C30H24FN3O3S2/c1-2-36-22-11-8-20(9-12-22)27-18-24-29(39-27)26(14-15-32-24)37-25-13-10-21(17-23(25)31)33-30(38)34-28(35)16-19-6-4-3-5-7-19/h3-15,17-18H,2,16H2,1H3,(H2,33,34,35,38). The minimum Gasteiger partial charge on any atom is -0.494 e. The summed E-state index contributed by atoms with van der Waals surface area (Å²) in [7, 11) is 0. The van der Waals surface area contributed by atoms with Gasteiger partial charge < -0.3 is 20.1 Å². The van der Waals surface area contributed by atoms with Gasteiger partial charge in [0.25, 0.3) is 0 Å². The fraction of sp³-hybridized carbons (Fsp3) is 0.100. The van der Waals surface area contributed by atoms with Crippen molar-refractivity contribution in [1.82, 2.24) is 10.3 Å². The molecule has 6 nitrogen and oxygen atoms in total. The second-order valence-corrected chi connectivity index (χ2v) is 9.96. The Morgan fingerprint density at radius 3 is 2.54 bits per heavy atom. The minimum absolute atomic E-state index is 0.0584. The molecule has 9 heteroatoms. The number of rotatable bonds is 8. The SMILES string of the molecule is CCOc1ccc(-c2cc3nccc(Oc4ccc(NC(=S)NC(=O)Cc5ccccc5)cc4F)c3s2)cc1. The van der Waals surface area contributed by atoms with E-state index < -0.39 is 5.82 Å².